The number of ether oxygens (including phenoxy) is 1. The van der Waals surface area contributed by atoms with Crippen LogP contribution in [-0.2, 0) is 20.7 Å². The van der Waals surface area contributed by atoms with E-state index in [9.17, 15) is 9.59 Å². The number of aromatic nitrogens is 1. The number of thiazole rings is 1. The first-order valence-corrected chi connectivity index (χ1v) is 8.10. The van der Waals surface area contributed by atoms with Gasteiger partial charge in [-0.15, -0.1) is 11.3 Å². The van der Waals surface area contributed by atoms with Crippen LogP contribution in [0, 0.1) is 6.92 Å². The molecule has 0 aliphatic carbocycles. The van der Waals surface area contributed by atoms with Crippen LogP contribution in [0.5, 0.6) is 0 Å². The summed E-state index contributed by atoms with van der Waals surface area (Å²) in [4.78, 5) is 27.8. The molecule has 0 radical (unpaired) electrons. The highest BCUT2D eigenvalue weighted by Gasteiger charge is 2.17. The van der Waals surface area contributed by atoms with Gasteiger partial charge in [-0.05, 0) is 19.4 Å². The van der Waals surface area contributed by atoms with Crippen molar-refractivity contribution in [3.05, 3.63) is 46.5 Å². The van der Waals surface area contributed by atoms with Crippen molar-refractivity contribution in [2.24, 2.45) is 5.73 Å². The zero-order valence-corrected chi connectivity index (χ0v) is 13.9. The summed E-state index contributed by atoms with van der Waals surface area (Å²) in [6, 6.07) is 6.70. The average Bonchev–Trinajstić information content (AvgIpc) is 2.94. The van der Waals surface area contributed by atoms with Crippen LogP contribution in [0.15, 0.2) is 29.6 Å². The molecule has 122 valence electrons. The highest BCUT2D eigenvalue weighted by molar-refractivity contribution is 7.13. The van der Waals surface area contributed by atoms with Gasteiger partial charge in [0.05, 0.1) is 18.7 Å². The van der Waals surface area contributed by atoms with Crippen LogP contribution in [0.1, 0.15) is 29.8 Å². The number of carbonyl (C=O) groups excluding carboxylic acids is 2. The molecule has 0 aliphatic rings. The van der Waals surface area contributed by atoms with Crippen molar-refractivity contribution in [1.29, 1.82) is 0 Å². The van der Waals surface area contributed by atoms with E-state index in [0.29, 0.717) is 17.4 Å². The van der Waals surface area contributed by atoms with E-state index in [0.717, 1.165) is 11.1 Å². The first-order chi connectivity index (χ1) is 11.0. The number of amides is 1. The van der Waals surface area contributed by atoms with Crippen molar-refractivity contribution in [2.45, 2.75) is 26.3 Å². The quantitative estimate of drug-likeness (QED) is 0.790. The molecule has 1 amide bonds. The lowest BCUT2D eigenvalue weighted by molar-refractivity contribution is -0.142. The second-order valence-corrected chi connectivity index (χ2v) is 5.86. The van der Waals surface area contributed by atoms with E-state index in [1.807, 2.05) is 31.2 Å². The third-order valence-electron chi connectivity index (χ3n) is 3.13. The number of carbonyl (C=O) groups is 2. The maximum absolute atomic E-state index is 12.2. The van der Waals surface area contributed by atoms with E-state index >= 15 is 0 Å². The molecule has 1 heterocycles. The zero-order chi connectivity index (χ0) is 16.8. The molecule has 2 rings (SSSR count). The monoisotopic (exact) mass is 333 g/mol. The molecule has 1 aromatic heterocycles. The second-order valence-electron chi connectivity index (χ2n) is 5.00. The Morgan fingerprint density at radius 1 is 1.35 bits per heavy atom. The predicted molar refractivity (Wildman–Crippen MR) is 89.2 cm³/mol. The Morgan fingerprint density at radius 3 is 2.70 bits per heavy atom. The highest BCUT2D eigenvalue weighted by atomic mass is 32.1. The third kappa shape index (κ3) is 4.87. The fourth-order valence-electron chi connectivity index (χ4n) is 1.91. The Labute approximate surface area is 138 Å². The molecule has 0 bridgehead atoms. The summed E-state index contributed by atoms with van der Waals surface area (Å²) in [7, 11) is 0. The largest absolute Gasteiger partial charge is 0.466 e. The van der Waals surface area contributed by atoms with Crippen molar-refractivity contribution in [3.63, 3.8) is 0 Å². The van der Waals surface area contributed by atoms with Gasteiger partial charge in [-0.1, -0.05) is 29.8 Å². The van der Waals surface area contributed by atoms with Crippen molar-refractivity contribution in [1.82, 2.24) is 4.98 Å². The summed E-state index contributed by atoms with van der Waals surface area (Å²) in [5.74, 6) is -0.682. The minimum Gasteiger partial charge on any atom is -0.466 e. The summed E-state index contributed by atoms with van der Waals surface area (Å²) < 4.78 is 4.86. The molecule has 0 saturated heterocycles. The average molecular weight is 333 g/mol. The number of rotatable bonds is 6. The lowest BCUT2D eigenvalue weighted by Gasteiger charge is -2.11. The van der Waals surface area contributed by atoms with Gasteiger partial charge in [0.15, 0.2) is 5.13 Å². The van der Waals surface area contributed by atoms with Crippen LogP contribution in [0.3, 0.4) is 0 Å². The van der Waals surface area contributed by atoms with Crippen LogP contribution in [0.4, 0.5) is 5.13 Å². The Kier molecular flexibility index (Phi) is 5.84. The first-order valence-electron chi connectivity index (χ1n) is 7.22. The Hall–Kier alpha value is -2.25. The Morgan fingerprint density at radius 2 is 2.04 bits per heavy atom. The summed E-state index contributed by atoms with van der Waals surface area (Å²) in [6.07, 6.45) is 0.0875. The van der Waals surface area contributed by atoms with Gasteiger partial charge in [0.25, 0.3) is 0 Å². The summed E-state index contributed by atoms with van der Waals surface area (Å²) >= 11 is 1.25. The molecule has 2 aromatic rings. The van der Waals surface area contributed by atoms with Crippen LogP contribution in [0.2, 0.25) is 0 Å². The molecule has 23 heavy (non-hydrogen) atoms. The Bertz CT molecular complexity index is 682. The van der Waals surface area contributed by atoms with Crippen molar-refractivity contribution >= 4 is 28.3 Å². The number of hydrogen-bond acceptors (Lipinski definition) is 6. The van der Waals surface area contributed by atoms with E-state index < -0.39 is 6.04 Å². The molecule has 3 N–H and O–H groups in total. The van der Waals surface area contributed by atoms with Crippen LogP contribution in [-0.4, -0.2) is 23.5 Å². The normalized spacial score (nSPS) is 11.8. The number of anilines is 1. The number of nitrogens with one attached hydrogen (secondary N) is 1. The first kappa shape index (κ1) is 17.1. The summed E-state index contributed by atoms with van der Waals surface area (Å²) in [5, 5.41) is 4.80. The number of aryl methyl sites for hydroxylation is 1. The number of benzene rings is 1. The molecule has 1 atom stereocenters. The van der Waals surface area contributed by atoms with Gasteiger partial charge in [-0.25, -0.2) is 4.98 Å². The number of hydrogen-bond donors (Lipinski definition) is 2. The minimum absolute atomic E-state index is 0.0875. The fraction of sp³-hybridized carbons (Fsp3) is 0.312. The molecule has 0 fully saturated rings. The SMILES string of the molecule is CCOC(=O)Cc1csc(NC(=O)C(N)c2ccc(C)cc2)n1. The maximum atomic E-state index is 12.2. The van der Waals surface area contributed by atoms with Gasteiger partial charge < -0.3 is 15.8 Å². The maximum Gasteiger partial charge on any atom is 0.311 e. The lowest BCUT2D eigenvalue weighted by Crippen LogP contribution is -2.27. The van der Waals surface area contributed by atoms with Crippen LogP contribution < -0.4 is 11.1 Å². The number of esters is 1. The van der Waals surface area contributed by atoms with E-state index in [-0.39, 0.29) is 18.3 Å². The smallest absolute Gasteiger partial charge is 0.311 e. The van der Waals surface area contributed by atoms with Crippen molar-refractivity contribution in [3.8, 4) is 0 Å². The van der Waals surface area contributed by atoms with E-state index in [2.05, 4.69) is 10.3 Å². The van der Waals surface area contributed by atoms with Gasteiger partial charge in [-0.3, -0.25) is 9.59 Å². The van der Waals surface area contributed by atoms with E-state index in [1.54, 1.807) is 12.3 Å². The lowest BCUT2D eigenvalue weighted by atomic mass is 10.1. The molecule has 7 heteroatoms. The van der Waals surface area contributed by atoms with Crippen molar-refractivity contribution in [2.75, 3.05) is 11.9 Å². The molecule has 6 nitrogen and oxygen atoms in total. The van der Waals surface area contributed by atoms with E-state index in [1.165, 1.54) is 11.3 Å². The number of nitrogens with two attached hydrogens (primary N) is 1. The zero-order valence-electron chi connectivity index (χ0n) is 13.0. The van der Waals surface area contributed by atoms with Gasteiger partial charge >= 0.3 is 5.97 Å². The fourth-order valence-corrected chi connectivity index (χ4v) is 2.63. The molecular weight excluding hydrogens is 314 g/mol. The minimum atomic E-state index is -0.770. The van der Waals surface area contributed by atoms with Crippen LogP contribution >= 0.6 is 11.3 Å². The molecule has 0 saturated carbocycles. The number of nitrogens with zero attached hydrogens (tertiary/aromatic N) is 1. The predicted octanol–water partition coefficient (Wildman–Crippen LogP) is 2.20. The van der Waals surface area contributed by atoms with E-state index in [4.69, 9.17) is 10.5 Å². The van der Waals surface area contributed by atoms with Gasteiger partial charge in [-0.2, -0.15) is 0 Å². The summed E-state index contributed by atoms with van der Waals surface area (Å²) in [5.41, 5.74) is 8.35. The molecule has 0 spiro atoms. The topological polar surface area (TPSA) is 94.3 Å². The standard InChI is InChI=1S/C16H19N3O3S/c1-3-22-13(20)8-12-9-23-16(18-12)19-15(21)14(17)11-6-4-10(2)5-7-11/h4-7,9,14H,3,8,17H2,1-2H3,(H,18,19,21). The van der Waals surface area contributed by atoms with Gasteiger partial charge in [0.1, 0.15) is 6.04 Å². The third-order valence-corrected chi connectivity index (χ3v) is 3.94. The van der Waals surface area contributed by atoms with Gasteiger partial charge in [0, 0.05) is 5.38 Å². The van der Waals surface area contributed by atoms with Crippen molar-refractivity contribution < 1.29 is 14.3 Å². The molecule has 1 aromatic carbocycles. The summed E-state index contributed by atoms with van der Waals surface area (Å²) in [6.45, 7) is 4.05. The Balaban J connectivity index is 1.96. The highest BCUT2D eigenvalue weighted by Crippen LogP contribution is 2.19. The molecule has 1 unspecified atom stereocenters. The molecular formula is C16H19N3O3S. The molecule has 0 aliphatic heterocycles. The second kappa shape index (κ2) is 7.85. The van der Waals surface area contributed by atoms with Gasteiger partial charge in [0.2, 0.25) is 5.91 Å². The van der Waals surface area contributed by atoms with Crippen LogP contribution in [0.25, 0.3) is 0 Å².